The number of aryl methyl sites for hydroxylation is 1. The molecule has 1 atom stereocenters. The third kappa shape index (κ3) is 4.17. The van der Waals surface area contributed by atoms with E-state index in [2.05, 4.69) is 116 Å². The Bertz CT molecular complexity index is 1830. The first kappa shape index (κ1) is 28.5. The van der Waals surface area contributed by atoms with Gasteiger partial charge < -0.3 is 4.74 Å². The molecule has 1 nitrogen and oxygen atoms in total. The highest BCUT2D eigenvalue weighted by atomic mass is 16.5. The molecule has 3 aliphatic rings. The number of benzene rings is 4. The van der Waals surface area contributed by atoms with Crippen LogP contribution in [0.25, 0.3) is 32.7 Å². The largest absolute Gasteiger partial charge is 0.456 e. The van der Waals surface area contributed by atoms with Gasteiger partial charge in [0.1, 0.15) is 11.5 Å². The highest BCUT2D eigenvalue weighted by Gasteiger charge is 2.49. The Morgan fingerprint density at radius 3 is 2.19 bits per heavy atom. The van der Waals surface area contributed by atoms with E-state index in [0.717, 1.165) is 24.3 Å². The zero-order chi connectivity index (χ0) is 30.3. The Balaban J connectivity index is 1.65. The van der Waals surface area contributed by atoms with Crippen molar-refractivity contribution in [2.75, 3.05) is 0 Å². The van der Waals surface area contributed by atoms with Gasteiger partial charge in [-0.2, -0.15) is 0 Å². The summed E-state index contributed by atoms with van der Waals surface area (Å²) in [6, 6.07) is 18.6. The van der Waals surface area contributed by atoms with E-state index >= 15 is 0 Å². The fourth-order valence-corrected chi connectivity index (χ4v) is 8.92. The van der Waals surface area contributed by atoms with Crippen molar-refractivity contribution in [1.82, 2.24) is 0 Å². The molecule has 4 aromatic rings. The Hall–Kier alpha value is -3.32. The van der Waals surface area contributed by atoms with Crippen molar-refractivity contribution >= 4 is 21.5 Å². The predicted octanol–water partition coefficient (Wildman–Crippen LogP) is 12.4. The highest BCUT2D eigenvalue weighted by molar-refractivity contribution is 6.14. The summed E-state index contributed by atoms with van der Waals surface area (Å²) in [5.41, 5.74) is 11.7. The summed E-state index contributed by atoms with van der Waals surface area (Å²) in [5, 5.41) is 5.41. The summed E-state index contributed by atoms with van der Waals surface area (Å²) in [6.07, 6.45) is 12.2. The number of ether oxygens (including phenoxy) is 1. The van der Waals surface area contributed by atoms with Crippen LogP contribution in [0.1, 0.15) is 103 Å². The lowest BCUT2D eigenvalue weighted by molar-refractivity contribution is 0.412. The minimum absolute atomic E-state index is 0.195. The maximum atomic E-state index is 6.94. The average molecular weight is 569 g/mol. The second-order valence-electron chi connectivity index (χ2n) is 14.8. The van der Waals surface area contributed by atoms with Gasteiger partial charge >= 0.3 is 0 Å². The molecular formula is C42H48O. The van der Waals surface area contributed by atoms with Crippen molar-refractivity contribution in [2.45, 2.75) is 99.3 Å². The molecule has 0 N–H and O–H groups in total. The van der Waals surface area contributed by atoms with E-state index in [9.17, 15) is 0 Å². The molecule has 43 heavy (non-hydrogen) atoms. The average Bonchev–Trinajstić information content (AvgIpc) is 3.24. The van der Waals surface area contributed by atoms with Crippen molar-refractivity contribution < 1.29 is 4.74 Å². The first-order valence-corrected chi connectivity index (χ1v) is 16.9. The van der Waals surface area contributed by atoms with Gasteiger partial charge in [0.05, 0.1) is 0 Å². The second kappa shape index (κ2) is 10.1. The molecule has 1 heteroatoms. The van der Waals surface area contributed by atoms with Crippen molar-refractivity contribution in [3.05, 3.63) is 94.1 Å². The van der Waals surface area contributed by atoms with Gasteiger partial charge in [-0.25, -0.2) is 0 Å². The van der Waals surface area contributed by atoms with Crippen LogP contribution in [-0.2, 0) is 11.8 Å². The number of fused-ring (bicyclic) bond motifs is 4. The zero-order valence-corrected chi connectivity index (χ0v) is 27.6. The molecule has 0 fully saturated rings. The van der Waals surface area contributed by atoms with Crippen LogP contribution in [0, 0.1) is 24.2 Å². The third-order valence-electron chi connectivity index (χ3n) is 10.9. The highest BCUT2D eigenvalue weighted by Crippen LogP contribution is 2.65. The van der Waals surface area contributed by atoms with Crippen molar-refractivity contribution in [3.8, 4) is 22.6 Å². The van der Waals surface area contributed by atoms with Crippen LogP contribution in [0.2, 0.25) is 0 Å². The van der Waals surface area contributed by atoms with Crippen LogP contribution in [0.3, 0.4) is 0 Å². The third-order valence-corrected chi connectivity index (χ3v) is 10.9. The molecule has 1 heterocycles. The minimum atomic E-state index is -0.205. The molecule has 222 valence electrons. The molecule has 0 saturated heterocycles. The van der Waals surface area contributed by atoms with E-state index in [1.807, 2.05) is 0 Å². The number of hydrogen-bond donors (Lipinski definition) is 0. The van der Waals surface area contributed by atoms with Gasteiger partial charge in [0.25, 0.3) is 0 Å². The maximum Gasteiger partial charge on any atom is 0.136 e. The van der Waals surface area contributed by atoms with E-state index in [4.69, 9.17) is 4.74 Å². The molecule has 1 spiro atoms. The summed E-state index contributed by atoms with van der Waals surface area (Å²) < 4.78 is 6.94. The minimum Gasteiger partial charge on any atom is -0.456 e. The smallest absolute Gasteiger partial charge is 0.136 e. The molecule has 1 unspecified atom stereocenters. The topological polar surface area (TPSA) is 9.23 Å². The van der Waals surface area contributed by atoms with Gasteiger partial charge in [0.15, 0.2) is 0 Å². The van der Waals surface area contributed by atoms with Crippen LogP contribution in [-0.4, -0.2) is 0 Å². The lowest BCUT2D eigenvalue weighted by Gasteiger charge is -2.38. The van der Waals surface area contributed by atoms with Crippen LogP contribution < -0.4 is 4.74 Å². The summed E-state index contributed by atoms with van der Waals surface area (Å²) in [6.45, 7) is 18.9. The van der Waals surface area contributed by atoms with Gasteiger partial charge in [0, 0.05) is 21.9 Å². The van der Waals surface area contributed by atoms with E-state index in [1.165, 1.54) is 80.6 Å². The molecule has 0 bridgehead atoms. The number of rotatable bonds is 7. The fraction of sp³-hybridized carbons (Fsp3) is 0.429. The Labute approximate surface area is 259 Å². The van der Waals surface area contributed by atoms with Gasteiger partial charge in [-0.1, -0.05) is 103 Å². The van der Waals surface area contributed by atoms with E-state index in [-0.39, 0.29) is 10.8 Å². The molecular weight excluding hydrogens is 520 g/mol. The molecule has 7 rings (SSSR count). The standard InChI is InChI=1S/C42H48O/c1-9-26(10-2)29-20-30(27(11-3)12-4)24-42(23-29)34-19-25(5)31-16-14-18-35-37(31)38(34)39-36(43-35)21-33-28(22-41(6,7)8)15-13-17-32(33)40(39)42/h13-21,23,26-27H,9-12,22,24H2,1-8H3. The van der Waals surface area contributed by atoms with Gasteiger partial charge in [-0.05, 0) is 119 Å². The molecule has 2 aliphatic carbocycles. The second-order valence-corrected chi connectivity index (χ2v) is 14.8. The normalized spacial score (nSPS) is 18.7. The van der Waals surface area contributed by atoms with Crippen molar-refractivity contribution in [2.24, 2.45) is 17.3 Å². The summed E-state index contributed by atoms with van der Waals surface area (Å²) in [5.74, 6) is 3.23. The summed E-state index contributed by atoms with van der Waals surface area (Å²) in [4.78, 5) is 0. The SMILES string of the molecule is CCC(CC)C1=CC2(CC(C(CC)CC)=C1)c1cc(C)c3cccc4c3c1-c1c(cc3c(CC(C)(C)C)cccc3c12)O4. The zero-order valence-electron chi connectivity index (χ0n) is 27.6. The lowest BCUT2D eigenvalue weighted by Crippen LogP contribution is -2.29. The van der Waals surface area contributed by atoms with Crippen LogP contribution >= 0.6 is 0 Å². The van der Waals surface area contributed by atoms with Crippen molar-refractivity contribution in [3.63, 3.8) is 0 Å². The first-order chi connectivity index (χ1) is 20.6. The van der Waals surface area contributed by atoms with Gasteiger partial charge in [-0.3, -0.25) is 0 Å². The fourth-order valence-electron chi connectivity index (χ4n) is 8.92. The quantitative estimate of drug-likeness (QED) is 0.190. The van der Waals surface area contributed by atoms with E-state index < -0.39 is 0 Å². The monoisotopic (exact) mass is 568 g/mol. The Kier molecular flexibility index (Phi) is 6.69. The molecule has 0 saturated carbocycles. The Morgan fingerprint density at radius 2 is 1.49 bits per heavy atom. The molecule has 0 amide bonds. The van der Waals surface area contributed by atoms with Crippen LogP contribution in [0.5, 0.6) is 11.5 Å². The molecule has 4 aromatic carbocycles. The van der Waals surface area contributed by atoms with Crippen LogP contribution in [0.15, 0.2) is 71.8 Å². The molecule has 0 aromatic heterocycles. The number of allylic oxidation sites excluding steroid dienone is 4. The summed E-state index contributed by atoms with van der Waals surface area (Å²) in [7, 11) is 0. The maximum absolute atomic E-state index is 6.94. The van der Waals surface area contributed by atoms with Gasteiger partial charge in [0.2, 0.25) is 0 Å². The molecule has 0 radical (unpaired) electrons. The predicted molar refractivity (Wildman–Crippen MR) is 185 cm³/mol. The molecule has 1 aliphatic heterocycles. The summed E-state index contributed by atoms with van der Waals surface area (Å²) >= 11 is 0. The van der Waals surface area contributed by atoms with E-state index in [1.54, 1.807) is 11.1 Å². The van der Waals surface area contributed by atoms with E-state index in [0.29, 0.717) is 11.8 Å². The lowest BCUT2D eigenvalue weighted by atomic mass is 9.64. The van der Waals surface area contributed by atoms with Crippen molar-refractivity contribution in [1.29, 1.82) is 0 Å². The Morgan fingerprint density at radius 1 is 0.791 bits per heavy atom. The number of hydrogen-bond acceptors (Lipinski definition) is 1. The van der Waals surface area contributed by atoms with Gasteiger partial charge in [-0.15, -0.1) is 0 Å². The van der Waals surface area contributed by atoms with Crippen LogP contribution in [0.4, 0.5) is 0 Å². The first-order valence-electron chi connectivity index (χ1n) is 16.9.